The molecule has 1 nitrogen and oxygen atoms in total. The third-order valence-electron chi connectivity index (χ3n) is 2.30. The van der Waals surface area contributed by atoms with E-state index in [0.29, 0.717) is 6.04 Å². The molecule has 1 N–H and O–H groups in total. The monoisotopic (exact) mass is 179 g/mol. The van der Waals surface area contributed by atoms with Gasteiger partial charge in [0.05, 0.1) is 0 Å². The lowest BCUT2D eigenvalue weighted by molar-refractivity contribution is 0.642. The molecule has 0 fully saturated rings. The first kappa shape index (κ1) is 8.14. The maximum Gasteiger partial charge on any atom is 0.0417 e. The van der Waals surface area contributed by atoms with E-state index < -0.39 is 0 Å². The number of hydrogen-bond donors (Lipinski definition) is 1. The van der Waals surface area contributed by atoms with Crippen molar-refractivity contribution in [3.63, 3.8) is 0 Å². The maximum absolute atomic E-state index is 3.50. The second kappa shape index (κ2) is 3.50. The summed E-state index contributed by atoms with van der Waals surface area (Å²) in [6.07, 6.45) is 2.16. The number of thioether (sulfide) groups is 1. The third-order valence-corrected chi connectivity index (χ3v) is 2.97. The molecule has 0 radical (unpaired) electrons. The summed E-state index contributed by atoms with van der Waals surface area (Å²) in [6, 6.07) is 9.26. The van der Waals surface area contributed by atoms with Crippen LogP contribution in [0, 0.1) is 0 Å². The molecule has 0 saturated heterocycles. The minimum Gasteiger partial charge on any atom is -0.305 e. The molecule has 0 spiro atoms. The summed E-state index contributed by atoms with van der Waals surface area (Å²) in [7, 11) is 0. The van der Waals surface area contributed by atoms with Crippen LogP contribution in [0.25, 0.3) is 0 Å². The first-order valence-electron chi connectivity index (χ1n) is 4.22. The molecule has 64 valence electrons. The molecule has 0 amide bonds. The summed E-state index contributed by atoms with van der Waals surface area (Å²) in [6.45, 7) is 1.04. The molecular weight excluding hydrogens is 166 g/mol. The Kier molecular flexibility index (Phi) is 2.38. The molecule has 0 aliphatic carbocycles. The van der Waals surface area contributed by atoms with Crippen LogP contribution in [0.15, 0.2) is 24.3 Å². The van der Waals surface area contributed by atoms with Gasteiger partial charge in [-0.1, -0.05) is 24.3 Å². The van der Waals surface area contributed by atoms with E-state index in [-0.39, 0.29) is 0 Å². The summed E-state index contributed by atoms with van der Waals surface area (Å²) in [5.41, 5.74) is 2.96. The molecule has 0 saturated carbocycles. The Morgan fingerprint density at radius 3 is 3.17 bits per heavy atom. The van der Waals surface area contributed by atoms with Gasteiger partial charge in [0.2, 0.25) is 0 Å². The summed E-state index contributed by atoms with van der Waals surface area (Å²) in [4.78, 5) is 0. The fraction of sp³-hybridized carbons (Fsp3) is 0.400. The SMILES string of the molecule is CSCC1NCc2ccccc21. The smallest absolute Gasteiger partial charge is 0.0417 e. The summed E-state index contributed by atoms with van der Waals surface area (Å²) in [5.74, 6) is 1.18. The summed E-state index contributed by atoms with van der Waals surface area (Å²) >= 11 is 1.90. The van der Waals surface area contributed by atoms with Gasteiger partial charge in [-0.3, -0.25) is 0 Å². The molecule has 0 aromatic heterocycles. The highest BCUT2D eigenvalue weighted by atomic mass is 32.2. The van der Waals surface area contributed by atoms with Crippen molar-refractivity contribution in [1.82, 2.24) is 5.32 Å². The zero-order valence-electron chi connectivity index (χ0n) is 7.21. The van der Waals surface area contributed by atoms with Gasteiger partial charge in [0, 0.05) is 18.3 Å². The Morgan fingerprint density at radius 2 is 2.33 bits per heavy atom. The van der Waals surface area contributed by atoms with E-state index in [1.54, 1.807) is 0 Å². The van der Waals surface area contributed by atoms with E-state index >= 15 is 0 Å². The molecule has 1 aromatic carbocycles. The summed E-state index contributed by atoms with van der Waals surface area (Å²) in [5, 5.41) is 3.50. The Bertz CT molecular complexity index is 270. The minimum atomic E-state index is 0.580. The van der Waals surface area contributed by atoms with E-state index in [2.05, 4.69) is 35.8 Å². The van der Waals surface area contributed by atoms with Crippen LogP contribution in [0.3, 0.4) is 0 Å². The Hall–Kier alpha value is -0.470. The number of nitrogens with one attached hydrogen (secondary N) is 1. The van der Waals surface area contributed by atoms with Crippen molar-refractivity contribution in [3.8, 4) is 0 Å². The molecule has 1 aliphatic heterocycles. The average molecular weight is 179 g/mol. The highest BCUT2D eigenvalue weighted by Crippen LogP contribution is 2.26. The van der Waals surface area contributed by atoms with Crippen molar-refractivity contribution in [2.45, 2.75) is 12.6 Å². The molecule has 2 heteroatoms. The zero-order valence-corrected chi connectivity index (χ0v) is 8.03. The topological polar surface area (TPSA) is 12.0 Å². The molecule has 1 atom stereocenters. The lowest BCUT2D eigenvalue weighted by atomic mass is 10.1. The van der Waals surface area contributed by atoms with Crippen LogP contribution in [-0.2, 0) is 6.54 Å². The number of rotatable bonds is 2. The lowest BCUT2D eigenvalue weighted by Crippen LogP contribution is -2.13. The van der Waals surface area contributed by atoms with Crippen LogP contribution in [0.1, 0.15) is 17.2 Å². The zero-order chi connectivity index (χ0) is 8.39. The van der Waals surface area contributed by atoms with Gasteiger partial charge in [0.25, 0.3) is 0 Å². The minimum absolute atomic E-state index is 0.580. The molecule has 12 heavy (non-hydrogen) atoms. The Morgan fingerprint density at radius 1 is 1.50 bits per heavy atom. The normalized spacial score (nSPS) is 20.9. The third kappa shape index (κ3) is 1.37. The second-order valence-electron chi connectivity index (χ2n) is 3.09. The van der Waals surface area contributed by atoms with Crippen molar-refractivity contribution in [2.75, 3.05) is 12.0 Å². The van der Waals surface area contributed by atoms with E-state index in [4.69, 9.17) is 0 Å². The quantitative estimate of drug-likeness (QED) is 0.747. The van der Waals surface area contributed by atoms with Gasteiger partial charge in [-0.2, -0.15) is 11.8 Å². The molecule has 2 rings (SSSR count). The van der Waals surface area contributed by atoms with E-state index in [0.717, 1.165) is 6.54 Å². The van der Waals surface area contributed by atoms with Crippen LogP contribution in [0.2, 0.25) is 0 Å². The van der Waals surface area contributed by atoms with E-state index in [1.165, 1.54) is 16.9 Å². The standard InChI is InChI=1S/C10H13NS/c1-12-7-10-9-5-3-2-4-8(9)6-11-10/h2-5,10-11H,6-7H2,1H3. The van der Waals surface area contributed by atoms with Gasteiger partial charge in [-0.15, -0.1) is 0 Å². The first-order valence-corrected chi connectivity index (χ1v) is 5.61. The molecular formula is C10H13NS. The lowest BCUT2D eigenvalue weighted by Gasteiger charge is -2.09. The Balaban J connectivity index is 2.24. The molecule has 1 aromatic rings. The van der Waals surface area contributed by atoms with Crippen LogP contribution in [0.4, 0.5) is 0 Å². The van der Waals surface area contributed by atoms with Gasteiger partial charge >= 0.3 is 0 Å². The van der Waals surface area contributed by atoms with Crippen LogP contribution in [0.5, 0.6) is 0 Å². The van der Waals surface area contributed by atoms with Crippen molar-refractivity contribution >= 4 is 11.8 Å². The van der Waals surface area contributed by atoms with Gasteiger partial charge < -0.3 is 5.32 Å². The number of benzene rings is 1. The van der Waals surface area contributed by atoms with Gasteiger partial charge in [0.1, 0.15) is 0 Å². The average Bonchev–Trinajstić information content (AvgIpc) is 2.50. The van der Waals surface area contributed by atoms with Crippen molar-refractivity contribution in [1.29, 1.82) is 0 Å². The fourth-order valence-corrected chi connectivity index (χ4v) is 2.32. The Labute approximate surface area is 77.6 Å². The predicted molar refractivity (Wildman–Crippen MR) is 54.4 cm³/mol. The van der Waals surface area contributed by atoms with Crippen molar-refractivity contribution in [3.05, 3.63) is 35.4 Å². The number of fused-ring (bicyclic) bond motifs is 1. The van der Waals surface area contributed by atoms with E-state index in [1.807, 2.05) is 11.8 Å². The van der Waals surface area contributed by atoms with Crippen molar-refractivity contribution < 1.29 is 0 Å². The highest BCUT2D eigenvalue weighted by Gasteiger charge is 2.19. The largest absolute Gasteiger partial charge is 0.305 e. The van der Waals surface area contributed by atoms with Gasteiger partial charge in [0.15, 0.2) is 0 Å². The van der Waals surface area contributed by atoms with E-state index in [9.17, 15) is 0 Å². The molecule has 1 unspecified atom stereocenters. The van der Waals surface area contributed by atoms with Crippen LogP contribution in [-0.4, -0.2) is 12.0 Å². The van der Waals surface area contributed by atoms with Crippen molar-refractivity contribution in [2.24, 2.45) is 0 Å². The van der Waals surface area contributed by atoms with Gasteiger partial charge in [-0.05, 0) is 17.4 Å². The predicted octanol–water partition coefficient (Wildman–Crippen LogP) is 2.19. The molecule has 0 bridgehead atoms. The second-order valence-corrected chi connectivity index (χ2v) is 4.00. The number of hydrogen-bond acceptors (Lipinski definition) is 2. The van der Waals surface area contributed by atoms with Crippen LogP contribution < -0.4 is 5.32 Å². The maximum atomic E-state index is 3.50. The summed E-state index contributed by atoms with van der Waals surface area (Å²) < 4.78 is 0. The molecule has 1 aliphatic rings. The highest BCUT2D eigenvalue weighted by molar-refractivity contribution is 7.98. The molecule has 1 heterocycles. The first-order chi connectivity index (χ1) is 5.92. The fourth-order valence-electron chi connectivity index (χ4n) is 1.69. The van der Waals surface area contributed by atoms with Gasteiger partial charge in [-0.25, -0.2) is 0 Å². The van der Waals surface area contributed by atoms with Crippen LogP contribution >= 0.6 is 11.8 Å².